The molecule has 0 radical (unpaired) electrons. The van der Waals surface area contributed by atoms with Crippen LogP contribution in [0.5, 0.6) is 0 Å². The van der Waals surface area contributed by atoms with Crippen LogP contribution in [0.15, 0.2) is 53.9 Å². The molecule has 0 aliphatic heterocycles. The van der Waals surface area contributed by atoms with Gasteiger partial charge in [0.25, 0.3) is 5.91 Å². The molecular weight excluding hydrogens is 286 g/mol. The van der Waals surface area contributed by atoms with E-state index >= 15 is 0 Å². The van der Waals surface area contributed by atoms with Crippen LogP contribution in [0.25, 0.3) is 10.1 Å². The number of carbonyl (C=O) groups is 2. The van der Waals surface area contributed by atoms with Crippen LogP contribution < -0.4 is 5.32 Å². The Bertz CT molecular complexity index is 838. The molecule has 0 saturated heterocycles. The lowest BCUT2D eigenvalue weighted by Crippen LogP contribution is -2.16. The van der Waals surface area contributed by atoms with E-state index in [9.17, 15) is 9.59 Å². The average molecular weight is 297 g/mol. The zero-order chi connectivity index (χ0) is 14.8. The van der Waals surface area contributed by atoms with Crippen molar-refractivity contribution in [1.82, 2.24) is 0 Å². The normalized spacial score (nSPS) is 10.5. The fourth-order valence-electron chi connectivity index (χ4n) is 2.11. The lowest BCUT2D eigenvalue weighted by molar-refractivity contribution is 0.0692. The Balaban J connectivity index is 1.91. The Kier molecular flexibility index (Phi) is 3.41. The number of hydrogen-bond acceptors (Lipinski definition) is 3. The lowest BCUT2D eigenvalue weighted by atomic mass is 10.1. The maximum absolute atomic E-state index is 12.2. The summed E-state index contributed by atoms with van der Waals surface area (Å²) < 4.78 is 1.14. The highest BCUT2D eigenvalue weighted by Gasteiger charge is 2.15. The van der Waals surface area contributed by atoms with E-state index in [1.807, 2.05) is 23.6 Å². The second-order valence-electron chi connectivity index (χ2n) is 4.48. The summed E-state index contributed by atoms with van der Waals surface area (Å²) in [6, 6.07) is 13.7. The van der Waals surface area contributed by atoms with Crippen LogP contribution in [0.4, 0.5) is 5.69 Å². The number of carbonyl (C=O) groups excluding carboxylic acids is 1. The van der Waals surface area contributed by atoms with Crippen LogP contribution in [0.1, 0.15) is 20.7 Å². The summed E-state index contributed by atoms with van der Waals surface area (Å²) in [5.41, 5.74) is 0.785. The van der Waals surface area contributed by atoms with Gasteiger partial charge in [0.1, 0.15) is 0 Å². The van der Waals surface area contributed by atoms with E-state index in [1.54, 1.807) is 29.5 Å². The van der Waals surface area contributed by atoms with E-state index in [1.165, 1.54) is 12.1 Å². The predicted molar refractivity (Wildman–Crippen MR) is 83.2 cm³/mol. The van der Waals surface area contributed by atoms with E-state index in [2.05, 4.69) is 5.32 Å². The molecule has 0 atom stereocenters. The topological polar surface area (TPSA) is 66.4 Å². The van der Waals surface area contributed by atoms with Gasteiger partial charge in [-0.2, -0.15) is 0 Å². The molecule has 1 aromatic heterocycles. The minimum Gasteiger partial charge on any atom is -0.478 e. The van der Waals surface area contributed by atoms with Crippen molar-refractivity contribution in [3.8, 4) is 0 Å². The van der Waals surface area contributed by atoms with E-state index < -0.39 is 11.9 Å². The molecule has 2 aromatic carbocycles. The quantitative estimate of drug-likeness (QED) is 0.771. The fourth-order valence-corrected chi connectivity index (χ4v) is 2.88. The molecular formula is C16H11NO3S. The van der Waals surface area contributed by atoms with Crippen LogP contribution >= 0.6 is 11.3 Å². The van der Waals surface area contributed by atoms with Gasteiger partial charge in [0, 0.05) is 10.4 Å². The van der Waals surface area contributed by atoms with E-state index in [0.29, 0.717) is 5.69 Å². The van der Waals surface area contributed by atoms with Gasteiger partial charge in [-0.1, -0.05) is 12.1 Å². The lowest BCUT2D eigenvalue weighted by Gasteiger charge is -2.07. The van der Waals surface area contributed by atoms with Crippen molar-refractivity contribution in [1.29, 1.82) is 0 Å². The van der Waals surface area contributed by atoms with Crippen molar-refractivity contribution < 1.29 is 14.7 Å². The van der Waals surface area contributed by atoms with Crippen molar-refractivity contribution in [2.75, 3.05) is 5.32 Å². The first-order chi connectivity index (χ1) is 10.1. The number of benzene rings is 2. The highest BCUT2D eigenvalue weighted by molar-refractivity contribution is 7.17. The highest BCUT2D eigenvalue weighted by atomic mass is 32.1. The Hall–Kier alpha value is -2.66. The Morgan fingerprint density at radius 3 is 2.52 bits per heavy atom. The first-order valence-corrected chi connectivity index (χ1v) is 7.14. The van der Waals surface area contributed by atoms with Crippen LogP contribution in [-0.4, -0.2) is 17.0 Å². The van der Waals surface area contributed by atoms with Crippen LogP contribution in [0.3, 0.4) is 0 Å². The summed E-state index contributed by atoms with van der Waals surface area (Å²) in [4.78, 5) is 23.4. The van der Waals surface area contributed by atoms with Gasteiger partial charge >= 0.3 is 5.97 Å². The molecule has 0 saturated carbocycles. The smallest absolute Gasteiger partial charge is 0.336 e. The molecule has 0 spiro atoms. The number of thiophene rings is 1. The van der Waals surface area contributed by atoms with Crippen molar-refractivity contribution >= 4 is 39.0 Å². The third kappa shape index (κ3) is 2.64. The van der Waals surface area contributed by atoms with E-state index in [0.717, 1.165) is 10.1 Å². The third-order valence-electron chi connectivity index (χ3n) is 3.11. The SMILES string of the molecule is O=C(O)c1ccccc1C(=O)Nc1ccc2sccc2c1. The molecule has 1 heterocycles. The van der Waals surface area contributed by atoms with Gasteiger partial charge in [-0.15, -0.1) is 11.3 Å². The van der Waals surface area contributed by atoms with Crippen molar-refractivity contribution in [3.05, 3.63) is 65.0 Å². The fraction of sp³-hybridized carbons (Fsp3) is 0. The van der Waals surface area contributed by atoms with Gasteiger partial charge in [-0.3, -0.25) is 4.79 Å². The first kappa shape index (κ1) is 13.3. The van der Waals surface area contributed by atoms with Gasteiger partial charge in [0.2, 0.25) is 0 Å². The van der Waals surface area contributed by atoms with Gasteiger partial charge in [0.05, 0.1) is 11.1 Å². The summed E-state index contributed by atoms with van der Waals surface area (Å²) in [6.45, 7) is 0. The van der Waals surface area contributed by atoms with Crippen molar-refractivity contribution in [2.45, 2.75) is 0 Å². The number of fused-ring (bicyclic) bond motifs is 1. The summed E-state index contributed by atoms with van der Waals surface area (Å²) in [6.07, 6.45) is 0. The van der Waals surface area contributed by atoms with Gasteiger partial charge < -0.3 is 10.4 Å². The zero-order valence-electron chi connectivity index (χ0n) is 10.9. The molecule has 0 bridgehead atoms. The minimum atomic E-state index is -1.12. The van der Waals surface area contributed by atoms with E-state index in [4.69, 9.17) is 5.11 Å². The molecule has 21 heavy (non-hydrogen) atoms. The number of amides is 1. The number of nitrogens with one attached hydrogen (secondary N) is 1. The molecule has 0 fully saturated rings. The van der Waals surface area contributed by atoms with Gasteiger partial charge in [-0.05, 0) is 47.2 Å². The predicted octanol–water partition coefficient (Wildman–Crippen LogP) is 3.85. The summed E-state index contributed by atoms with van der Waals surface area (Å²) in [5.74, 6) is -1.54. The number of anilines is 1. The maximum atomic E-state index is 12.2. The molecule has 1 amide bonds. The monoisotopic (exact) mass is 297 g/mol. The molecule has 0 unspecified atom stereocenters. The summed E-state index contributed by atoms with van der Waals surface area (Å²) in [7, 11) is 0. The number of aromatic carboxylic acids is 1. The average Bonchev–Trinajstić information content (AvgIpc) is 2.94. The largest absolute Gasteiger partial charge is 0.478 e. The maximum Gasteiger partial charge on any atom is 0.336 e. The first-order valence-electron chi connectivity index (χ1n) is 6.26. The molecule has 3 rings (SSSR count). The van der Waals surface area contributed by atoms with Gasteiger partial charge in [0.15, 0.2) is 0 Å². The molecule has 104 valence electrons. The standard InChI is InChI=1S/C16H11NO3S/c18-15(12-3-1-2-4-13(12)16(19)20)17-11-5-6-14-10(9-11)7-8-21-14/h1-9H,(H,17,18)(H,19,20). The molecule has 5 heteroatoms. The van der Waals surface area contributed by atoms with Crippen LogP contribution in [-0.2, 0) is 0 Å². The Morgan fingerprint density at radius 2 is 1.76 bits per heavy atom. The molecule has 4 nitrogen and oxygen atoms in total. The Labute approximate surface area is 124 Å². The Morgan fingerprint density at radius 1 is 1.00 bits per heavy atom. The molecule has 2 N–H and O–H groups in total. The van der Waals surface area contributed by atoms with Gasteiger partial charge in [-0.25, -0.2) is 4.79 Å². The second-order valence-corrected chi connectivity index (χ2v) is 5.43. The summed E-state index contributed by atoms with van der Waals surface area (Å²) in [5, 5.41) is 14.9. The molecule has 3 aromatic rings. The molecule has 0 aliphatic rings. The van der Waals surface area contributed by atoms with Crippen molar-refractivity contribution in [3.63, 3.8) is 0 Å². The highest BCUT2D eigenvalue weighted by Crippen LogP contribution is 2.24. The minimum absolute atomic E-state index is 0.00777. The number of rotatable bonds is 3. The number of hydrogen-bond donors (Lipinski definition) is 2. The third-order valence-corrected chi connectivity index (χ3v) is 4.01. The second kappa shape index (κ2) is 5.38. The van der Waals surface area contributed by atoms with Crippen LogP contribution in [0, 0.1) is 0 Å². The number of carboxylic acid groups (broad SMARTS) is 1. The van der Waals surface area contributed by atoms with Crippen molar-refractivity contribution in [2.24, 2.45) is 0 Å². The molecule has 0 aliphatic carbocycles. The van der Waals surface area contributed by atoms with Crippen LogP contribution in [0.2, 0.25) is 0 Å². The van der Waals surface area contributed by atoms with E-state index in [-0.39, 0.29) is 11.1 Å². The zero-order valence-corrected chi connectivity index (χ0v) is 11.7. The number of carboxylic acids is 1. The summed E-state index contributed by atoms with van der Waals surface area (Å²) >= 11 is 1.63.